The van der Waals surface area contributed by atoms with Crippen LogP contribution in [0.15, 0.2) is 56.5 Å². The Kier molecular flexibility index (Phi) is 5.61. The topological polar surface area (TPSA) is 33.6 Å². The first-order chi connectivity index (χ1) is 9.70. The van der Waals surface area contributed by atoms with Gasteiger partial charge in [0.05, 0.1) is 24.3 Å². The molecule has 2 aromatic rings. The van der Waals surface area contributed by atoms with E-state index in [1.165, 1.54) is 5.56 Å². The van der Waals surface area contributed by atoms with E-state index < -0.39 is 0 Å². The van der Waals surface area contributed by atoms with Gasteiger partial charge in [0.2, 0.25) is 0 Å². The van der Waals surface area contributed by atoms with E-state index in [1.807, 2.05) is 30.3 Å². The van der Waals surface area contributed by atoms with Gasteiger partial charge < -0.3 is 10.2 Å². The van der Waals surface area contributed by atoms with E-state index in [9.17, 15) is 0 Å². The summed E-state index contributed by atoms with van der Waals surface area (Å²) in [4.78, 5) is 0. The van der Waals surface area contributed by atoms with Gasteiger partial charge in [0.1, 0.15) is 5.75 Å². The van der Waals surface area contributed by atoms with E-state index in [0.29, 0.717) is 6.54 Å². The van der Waals surface area contributed by atoms with Crippen molar-refractivity contribution in [1.29, 1.82) is 0 Å². The molecule has 0 saturated carbocycles. The van der Waals surface area contributed by atoms with Gasteiger partial charge >= 0.3 is 0 Å². The highest BCUT2D eigenvalue weighted by Crippen LogP contribution is 2.31. The number of benzene rings is 2. The van der Waals surface area contributed by atoms with Crippen LogP contribution in [0.1, 0.15) is 11.1 Å². The molecule has 0 aliphatic rings. The summed E-state index contributed by atoms with van der Waals surface area (Å²) < 4.78 is 7.21. The first kappa shape index (κ1) is 15.1. The number of nitrogens with one attached hydrogen (secondary N) is 1. The Hall–Kier alpha value is -1.33. The zero-order valence-corrected chi connectivity index (χ0v) is 14.1. The molecule has 104 valence electrons. The maximum absolute atomic E-state index is 5.36. The number of hydrazone groups is 1. The van der Waals surface area contributed by atoms with Crippen LogP contribution in [0.25, 0.3) is 0 Å². The molecule has 2 rings (SSSR count). The third-order valence-corrected chi connectivity index (χ3v) is 3.71. The molecular weight excluding hydrogens is 384 g/mol. The van der Waals surface area contributed by atoms with E-state index in [0.717, 1.165) is 20.3 Å². The highest BCUT2D eigenvalue weighted by atomic mass is 79.9. The highest BCUT2D eigenvalue weighted by molar-refractivity contribution is 9.11. The standard InChI is InChI=1S/C15H14Br2N2O/c1-20-15-12(7-13(16)8-14(15)17)10-19-18-9-11-5-3-2-4-6-11/h2-8,10,18H,9H2,1H3. The molecule has 1 N–H and O–H groups in total. The third-order valence-electron chi connectivity index (χ3n) is 2.66. The van der Waals surface area contributed by atoms with Gasteiger partial charge in [0, 0.05) is 10.0 Å². The second-order valence-corrected chi connectivity index (χ2v) is 5.86. The minimum absolute atomic E-state index is 0.689. The Morgan fingerprint density at radius 1 is 1.20 bits per heavy atom. The predicted molar refractivity (Wildman–Crippen MR) is 89.3 cm³/mol. The van der Waals surface area contributed by atoms with Crippen LogP contribution in [0.2, 0.25) is 0 Å². The van der Waals surface area contributed by atoms with E-state index in [1.54, 1.807) is 13.3 Å². The van der Waals surface area contributed by atoms with Crippen LogP contribution in [-0.2, 0) is 6.54 Å². The Labute approximate surface area is 135 Å². The minimum Gasteiger partial charge on any atom is -0.495 e. The molecule has 0 atom stereocenters. The molecule has 0 bridgehead atoms. The maximum Gasteiger partial charge on any atom is 0.141 e. The van der Waals surface area contributed by atoms with Gasteiger partial charge in [-0.25, -0.2) is 0 Å². The quantitative estimate of drug-likeness (QED) is 0.601. The summed E-state index contributed by atoms with van der Waals surface area (Å²) in [5, 5.41) is 4.23. The zero-order chi connectivity index (χ0) is 14.4. The summed E-state index contributed by atoms with van der Waals surface area (Å²) in [6.45, 7) is 0.689. The number of hydrogen-bond donors (Lipinski definition) is 1. The van der Waals surface area contributed by atoms with Crippen molar-refractivity contribution in [3.05, 3.63) is 62.5 Å². The number of hydrogen-bond acceptors (Lipinski definition) is 3. The van der Waals surface area contributed by atoms with Crippen molar-refractivity contribution in [1.82, 2.24) is 5.43 Å². The number of ether oxygens (including phenoxy) is 1. The molecule has 20 heavy (non-hydrogen) atoms. The minimum atomic E-state index is 0.689. The van der Waals surface area contributed by atoms with Gasteiger partial charge in [-0.1, -0.05) is 46.3 Å². The molecule has 0 fully saturated rings. The SMILES string of the molecule is COc1c(Br)cc(Br)cc1C=NNCc1ccccc1. The molecule has 0 radical (unpaired) electrons. The van der Waals surface area contributed by atoms with E-state index >= 15 is 0 Å². The highest BCUT2D eigenvalue weighted by Gasteiger charge is 2.07. The average Bonchev–Trinajstić information content (AvgIpc) is 2.44. The molecule has 3 nitrogen and oxygen atoms in total. The molecule has 0 spiro atoms. The van der Waals surface area contributed by atoms with Gasteiger partial charge in [-0.15, -0.1) is 0 Å². The van der Waals surface area contributed by atoms with Gasteiger partial charge in [0.25, 0.3) is 0 Å². The van der Waals surface area contributed by atoms with Crippen LogP contribution in [0.4, 0.5) is 0 Å². The first-order valence-electron chi connectivity index (χ1n) is 6.03. The van der Waals surface area contributed by atoms with Gasteiger partial charge in [-0.2, -0.15) is 5.10 Å². The molecule has 0 aliphatic heterocycles. The first-order valence-corrected chi connectivity index (χ1v) is 7.62. The molecule has 0 heterocycles. The predicted octanol–water partition coefficient (Wildman–Crippen LogP) is 4.34. The van der Waals surface area contributed by atoms with Gasteiger partial charge in [-0.05, 0) is 33.6 Å². The number of nitrogens with zero attached hydrogens (tertiary/aromatic N) is 1. The normalized spacial score (nSPS) is 10.8. The van der Waals surface area contributed by atoms with Crippen molar-refractivity contribution in [3.63, 3.8) is 0 Å². The lowest BCUT2D eigenvalue weighted by atomic mass is 10.2. The fourth-order valence-corrected chi connectivity index (χ4v) is 3.16. The van der Waals surface area contributed by atoms with Crippen molar-refractivity contribution in [2.24, 2.45) is 5.10 Å². The Bertz CT molecular complexity index is 600. The third kappa shape index (κ3) is 4.08. The van der Waals surface area contributed by atoms with E-state index in [4.69, 9.17) is 4.74 Å². The fourth-order valence-electron chi connectivity index (χ4n) is 1.74. The number of methoxy groups -OCH3 is 1. The molecule has 0 amide bonds. The number of rotatable bonds is 5. The monoisotopic (exact) mass is 396 g/mol. The Morgan fingerprint density at radius 3 is 2.65 bits per heavy atom. The summed E-state index contributed by atoms with van der Waals surface area (Å²) in [5.41, 5.74) is 5.11. The Balaban J connectivity index is 2.04. The summed E-state index contributed by atoms with van der Waals surface area (Å²) >= 11 is 6.92. The largest absolute Gasteiger partial charge is 0.495 e. The van der Waals surface area contributed by atoms with Crippen molar-refractivity contribution in [2.45, 2.75) is 6.54 Å². The van der Waals surface area contributed by atoms with Crippen LogP contribution in [0.5, 0.6) is 5.75 Å². The molecule has 0 saturated heterocycles. The Morgan fingerprint density at radius 2 is 1.95 bits per heavy atom. The van der Waals surface area contributed by atoms with Gasteiger partial charge in [-0.3, -0.25) is 0 Å². The maximum atomic E-state index is 5.36. The molecule has 0 aliphatic carbocycles. The lowest BCUT2D eigenvalue weighted by molar-refractivity contribution is 0.411. The molecule has 0 aromatic heterocycles. The van der Waals surface area contributed by atoms with Crippen LogP contribution in [0, 0.1) is 0 Å². The van der Waals surface area contributed by atoms with Crippen LogP contribution >= 0.6 is 31.9 Å². The summed E-state index contributed by atoms with van der Waals surface area (Å²) in [6, 6.07) is 14.0. The summed E-state index contributed by atoms with van der Waals surface area (Å²) in [7, 11) is 1.64. The average molecular weight is 398 g/mol. The summed E-state index contributed by atoms with van der Waals surface area (Å²) in [6.07, 6.45) is 1.75. The lowest BCUT2D eigenvalue weighted by Crippen LogP contribution is -2.05. The van der Waals surface area contributed by atoms with Crippen LogP contribution in [-0.4, -0.2) is 13.3 Å². The van der Waals surface area contributed by atoms with Crippen molar-refractivity contribution < 1.29 is 4.74 Å². The molecular formula is C15H14Br2N2O. The zero-order valence-electron chi connectivity index (χ0n) is 10.9. The van der Waals surface area contributed by atoms with E-state index in [2.05, 4.69) is 54.5 Å². The van der Waals surface area contributed by atoms with Crippen molar-refractivity contribution >= 4 is 38.1 Å². The lowest BCUT2D eigenvalue weighted by Gasteiger charge is -2.08. The van der Waals surface area contributed by atoms with Crippen LogP contribution in [0.3, 0.4) is 0 Å². The summed E-state index contributed by atoms with van der Waals surface area (Å²) in [5.74, 6) is 0.762. The molecule has 5 heteroatoms. The van der Waals surface area contributed by atoms with Crippen molar-refractivity contribution in [2.75, 3.05) is 7.11 Å². The number of halogens is 2. The van der Waals surface area contributed by atoms with Crippen LogP contribution < -0.4 is 10.2 Å². The molecule has 0 unspecified atom stereocenters. The van der Waals surface area contributed by atoms with E-state index in [-0.39, 0.29) is 0 Å². The van der Waals surface area contributed by atoms with Gasteiger partial charge in [0.15, 0.2) is 0 Å². The van der Waals surface area contributed by atoms with Crippen molar-refractivity contribution in [3.8, 4) is 5.75 Å². The smallest absolute Gasteiger partial charge is 0.141 e. The fraction of sp³-hybridized carbons (Fsp3) is 0.133. The molecule has 2 aromatic carbocycles. The second kappa shape index (κ2) is 7.45. The second-order valence-electron chi connectivity index (χ2n) is 4.09.